The number of hydrogen-bond acceptors (Lipinski definition) is 8. The first-order chi connectivity index (χ1) is 19.3. The lowest BCUT2D eigenvalue weighted by Crippen LogP contribution is -2.62. The Kier molecular flexibility index (Phi) is 8.22. The maximum absolute atomic E-state index is 14.3. The number of nitrogens with zero attached hydrogens (tertiary/aromatic N) is 3. The Labute approximate surface area is 235 Å². The number of hydrogen-bond donors (Lipinski definition) is 2. The van der Waals surface area contributed by atoms with Crippen molar-refractivity contribution in [2.24, 2.45) is 0 Å². The van der Waals surface area contributed by atoms with E-state index in [2.05, 4.69) is 15.7 Å². The van der Waals surface area contributed by atoms with Crippen LogP contribution in [-0.4, -0.2) is 58.0 Å². The first-order valence-electron chi connectivity index (χ1n) is 13.0. The summed E-state index contributed by atoms with van der Waals surface area (Å²) in [6, 6.07) is 15.0. The summed E-state index contributed by atoms with van der Waals surface area (Å²) < 4.78 is 19.5. The summed E-state index contributed by atoms with van der Waals surface area (Å²) in [5, 5.41) is 6.60. The minimum atomic E-state index is -1.00. The zero-order valence-electron chi connectivity index (χ0n) is 22.1. The Bertz CT molecular complexity index is 1390. The third-order valence-corrected chi connectivity index (χ3v) is 7.71. The van der Waals surface area contributed by atoms with Crippen molar-refractivity contribution in [1.29, 1.82) is 0 Å². The van der Waals surface area contributed by atoms with Crippen LogP contribution in [0.4, 0.5) is 9.18 Å². The number of nitrogens with one attached hydrogen (secondary N) is 2. The number of aromatic nitrogens is 1. The normalized spacial score (nSPS) is 20.7. The molecule has 3 aromatic rings. The molecule has 0 spiro atoms. The standard InChI is InChI=1S/C29H30FN5O4S/c1-18(2)32-26(37)23-17-40-27(33-23)22-15-34(29(38)39-16-19-7-4-3-5-8-19)28(35-14-6-13-31-35)25(36)24(22)20-9-11-21(30)12-10-20/h3-12,14,17-18,22,24,28,31H,13,15-16H2,1-2H3,(H,32,37). The van der Waals surface area contributed by atoms with Crippen LogP contribution in [0.3, 0.4) is 0 Å². The molecule has 0 saturated carbocycles. The largest absolute Gasteiger partial charge is 0.444 e. The Morgan fingerprint density at radius 1 is 1.18 bits per heavy atom. The van der Waals surface area contributed by atoms with Gasteiger partial charge in [0.25, 0.3) is 5.91 Å². The average molecular weight is 564 g/mol. The van der Waals surface area contributed by atoms with Gasteiger partial charge < -0.3 is 10.1 Å². The number of piperidine rings is 1. The van der Waals surface area contributed by atoms with E-state index < -0.39 is 29.9 Å². The Morgan fingerprint density at radius 3 is 2.60 bits per heavy atom. The minimum absolute atomic E-state index is 0.0448. The molecule has 2 N–H and O–H groups in total. The van der Waals surface area contributed by atoms with Crippen LogP contribution < -0.4 is 10.7 Å². The Hall–Kier alpha value is -4.09. The molecule has 2 amide bonds. The van der Waals surface area contributed by atoms with Gasteiger partial charge in [0.1, 0.15) is 18.1 Å². The summed E-state index contributed by atoms with van der Waals surface area (Å²) in [4.78, 5) is 46.4. The fraction of sp³-hybridized carbons (Fsp3) is 0.310. The van der Waals surface area contributed by atoms with Crippen LogP contribution in [-0.2, 0) is 16.1 Å². The average Bonchev–Trinajstić information content (AvgIpc) is 3.65. The molecule has 0 bridgehead atoms. The SMILES string of the molecule is CC(C)NC(=O)c1csc(C2CN(C(=O)OCc3ccccc3)C(N3C=CCN3)C(=O)C2c2ccc(F)cc2)n1. The van der Waals surface area contributed by atoms with Gasteiger partial charge in [-0.3, -0.25) is 19.5 Å². The van der Waals surface area contributed by atoms with Crippen LogP contribution in [0.15, 0.2) is 72.3 Å². The number of thiazole rings is 1. The summed E-state index contributed by atoms with van der Waals surface area (Å²) >= 11 is 1.25. The number of ether oxygens (including phenoxy) is 1. The van der Waals surface area contributed by atoms with Crippen molar-refractivity contribution in [2.45, 2.75) is 44.5 Å². The third kappa shape index (κ3) is 5.90. The van der Waals surface area contributed by atoms with E-state index in [9.17, 15) is 18.8 Å². The van der Waals surface area contributed by atoms with Crippen molar-refractivity contribution in [2.75, 3.05) is 13.1 Å². The molecule has 1 fully saturated rings. The van der Waals surface area contributed by atoms with Crippen LogP contribution in [0, 0.1) is 5.82 Å². The number of carbonyl (C=O) groups is 3. The number of hydrazine groups is 1. The molecule has 2 aliphatic rings. The molecule has 40 heavy (non-hydrogen) atoms. The van der Waals surface area contributed by atoms with Crippen LogP contribution in [0.1, 0.15) is 52.3 Å². The van der Waals surface area contributed by atoms with Gasteiger partial charge in [0, 0.05) is 36.6 Å². The molecule has 5 rings (SSSR count). The summed E-state index contributed by atoms with van der Waals surface area (Å²) in [6.45, 7) is 4.35. The predicted octanol–water partition coefficient (Wildman–Crippen LogP) is 4.17. The lowest BCUT2D eigenvalue weighted by molar-refractivity contribution is -0.136. The highest BCUT2D eigenvalue weighted by Gasteiger charge is 2.49. The smallest absolute Gasteiger partial charge is 0.412 e. The van der Waals surface area contributed by atoms with Gasteiger partial charge in [-0.15, -0.1) is 11.3 Å². The number of halogens is 1. The van der Waals surface area contributed by atoms with E-state index in [1.807, 2.05) is 50.3 Å². The quantitative estimate of drug-likeness (QED) is 0.445. The fourth-order valence-corrected chi connectivity index (χ4v) is 5.85. The predicted molar refractivity (Wildman–Crippen MR) is 148 cm³/mol. The molecular weight excluding hydrogens is 533 g/mol. The molecule has 3 heterocycles. The van der Waals surface area contributed by atoms with Gasteiger partial charge in [0.2, 0.25) is 0 Å². The Balaban J connectivity index is 1.51. The van der Waals surface area contributed by atoms with E-state index in [-0.39, 0.29) is 36.6 Å². The topological polar surface area (TPSA) is 104 Å². The molecular formula is C29H30FN5O4S. The summed E-state index contributed by atoms with van der Waals surface area (Å²) in [5.41, 5.74) is 4.77. The molecule has 9 nitrogen and oxygen atoms in total. The van der Waals surface area contributed by atoms with Crippen molar-refractivity contribution in [3.8, 4) is 0 Å². The van der Waals surface area contributed by atoms with Gasteiger partial charge in [0.05, 0.1) is 10.9 Å². The maximum Gasteiger partial charge on any atom is 0.412 e. The number of benzene rings is 2. The van der Waals surface area contributed by atoms with Gasteiger partial charge in [-0.25, -0.2) is 19.6 Å². The van der Waals surface area contributed by atoms with E-state index in [1.54, 1.807) is 28.7 Å². The van der Waals surface area contributed by atoms with E-state index in [0.29, 0.717) is 17.1 Å². The second kappa shape index (κ2) is 12.0. The molecule has 2 aromatic carbocycles. The fourth-order valence-electron chi connectivity index (χ4n) is 4.92. The van der Waals surface area contributed by atoms with E-state index >= 15 is 0 Å². The number of Topliss-reactive ketones (excluding diaryl/α,β-unsaturated/α-hetero) is 1. The van der Waals surface area contributed by atoms with Gasteiger partial charge in [-0.2, -0.15) is 0 Å². The van der Waals surface area contributed by atoms with Crippen LogP contribution in [0.2, 0.25) is 0 Å². The van der Waals surface area contributed by atoms with Crippen molar-refractivity contribution in [1.82, 2.24) is 25.6 Å². The third-order valence-electron chi connectivity index (χ3n) is 6.73. The molecule has 0 radical (unpaired) electrons. The highest BCUT2D eigenvalue weighted by molar-refractivity contribution is 7.10. The second-order valence-corrected chi connectivity index (χ2v) is 10.8. The summed E-state index contributed by atoms with van der Waals surface area (Å²) in [5.74, 6) is -2.34. The number of likely N-dealkylation sites (tertiary alicyclic amines) is 1. The van der Waals surface area contributed by atoms with Crippen molar-refractivity contribution in [3.05, 3.63) is 99.9 Å². The maximum atomic E-state index is 14.3. The zero-order valence-corrected chi connectivity index (χ0v) is 22.9. The number of carbonyl (C=O) groups excluding carboxylic acids is 3. The molecule has 1 saturated heterocycles. The van der Waals surface area contributed by atoms with Crippen molar-refractivity contribution >= 4 is 29.1 Å². The number of rotatable bonds is 7. The molecule has 3 unspecified atom stereocenters. The van der Waals surface area contributed by atoms with Gasteiger partial charge >= 0.3 is 6.09 Å². The Morgan fingerprint density at radius 2 is 1.93 bits per heavy atom. The molecule has 0 aliphatic carbocycles. The van der Waals surface area contributed by atoms with Crippen molar-refractivity contribution < 1.29 is 23.5 Å². The van der Waals surface area contributed by atoms with Crippen LogP contribution >= 0.6 is 11.3 Å². The highest BCUT2D eigenvalue weighted by Crippen LogP contribution is 2.42. The van der Waals surface area contributed by atoms with Crippen LogP contribution in [0.5, 0.6) is 0 Å². The molecule has 11 heteroatoms. The van der Waals surface area contributed by atoms with Gasteiger partial charge in [-0.05, 0) is 37.1 Å². The first kappa shape index (κ1) is 27.5. The number of ketones is 1. The first-order valence-corrected chi connectivity index (χ1v) is 13.9. The molecule has 1 aromatic heterocycles. The monoisotopic (exact) mass is 563 g/mol. The lowest BCUT2D eigenvalue weighted by atomic mass is 9.78. The molecule has 208 valence electrons. The summed E-state index contributed by atoms with van der Waals surface area (Å²) in [7, 11) is 0. The number of amides is 2. The molecule has 2 aliphatic heterocycles. The molecule has 3 atom stereocenters. The summed E-state index contributed by atoms with van der Waals surface area (Å²) in [6.07, 6.45) is 1.92. The van der Waals surface area contributed by atoms with E-state index in [0.717, 1.165) is 5.56 Å². The van der Waals surface area contributed by atoms with E-state index in [4.69, 9.17) is 4.74 Å². The highest BCUT2D eigenvalue weighted by atomic mass is 32.1. The lowest BCUT2D eigenvalue weighted by Gasteiger charge is -2.44. The zero-order chi connectivity index (χ0) is 28.2. The van der Waals surface area contributed by atoms with Crippen molar-refractivity contribution in [3.63, 3.8) is 0 Å². The minimum Gasteiger partial charge on any atom is -0.444 e. The van der Waals surface area contributed by atoms with Gasteiger partial charge in [-0.1, -0.05) is 48.5 Å². The van der Waals surface area contributed by atoms with E-state index in [1.165, 1.54) is 28.4 Å². The second-order valence-electron chi connectivity index (χ2n) is 9.96. The van der Waals surface area contributed by atoms with Gasteiger partial charge in [0.15, 0.2) is 11.9 Å². The van der Waals surface area contributed by atoms with Crippen LogP contribution in [0.25, 0.3) is 0 Å².